The standard InChI is InChI=1S/C8H24O23Si22/c1-27-53(28-2,29-3)30-32-33(9)34(10)35(11)36(12)37(13)38(14)39(15)40(16)41(17)42(18)43(19)44(20)45(21)46(22)47(23)48(24)49(25)50(26)52(7,8)31-51(4,5)6/h1-8H3. The average Bonchev–Trinajstić information content (AvgIpc) is 3.11. The van der Waals surface area contributed by atoms with Crippen LogP contribution in [0.2, 0.25) is 32.7 Å². The SMILES string of the molecule is CO[Si](OC)(OC)O[Si][Si](=O)[Si](=O)[Si](=O)[Si](=O)[Si](=O)[Si](=O)[Si](=O)[Si](=O)[Si](=O)[Si](=O)[Si](=O)[Si](=O)[Si](=O)[Si](=O)[Si](=O)[Si](=O)[Si](=O)[Si](=O)[Si](C)(C)O[Si](C)(C)C. The molecule has 2 radical (unpaired) electrons. The van der Waals surface area contributed by atoms with Crippen LogP contribution in [-0.2, 0) is 102 Å². The lowest BCUT2D eigenvalue weighted by Gasteiger charge is -2.28. The Hall–Kier alpha value is 0.971. The van der Waals surface area contributed by atoms with Crippen LogP contribution in [0.25, 0.3) is 0 Å². The van der Waals surface area contributed by atoms with Gasteiger partial charge in [0.25, 0.3) is 9.28 Å². The van der Waals surface area contributed by atoms with E-state index in [1.807, 2.05) is 0 Å². The fourth-order valence-corrected chi connectivity index (χ4v) is 233. The van der Waals surface area contributed by atoms with Gasteiger partial charge in [-0.15, -0.1) is 0 Å². The van der Waals surface area contributed by atoms with Crippen LogP contribution in [-0.4, -0.2) is 195 Å². The van der Waals surface area contributed by atoms with E-state index in [0.29, 0.717) is 0 Å². The first-order chi connectivity index (χ1) is 24.0. The second-order valence-electron chi connectivity index (χ2n) is 11.0. The van der Waals surface area contributed by atoms with E-state index >= 15 is 0 Å². The highest BCUT2D eigenvalue weighted by Gasteiger charge is 2.57. The Bertz CT molecular complexity index is 1840. The van der Waals surface area contributed by atoms with E-state index in [1.54, 1.807) is 19.6 Å². The Morgan fingerprint density at radius 1 is 0.358 bits per heavy atom. The van der Waals surface area contributed by atoms with Crippen LogP contribution in [0.3, 0.4) is 0 Å². The summed E-state index contributed by atoms with van der Waals surface area (Å²) in [6.07, 6.45) is 0. The van der Waals surface area contributed by atoms with Crippen molar-refractivity contribution in [2.24, 2.45) is 0 Å². The average molecular weight is 1110 g/mol. The number of hydrogen-bond acceptors (Lipinski definition) is 23. The van der Waals surface area contributed by atoms with Gasteiger partial charge in [-0.25, -0.2) is 0 Å². The zero-order chi connectivity index (χ0) is 42.1. The molecule has 0 amide bonds. The van der Waals surface area contributed by atoms with Crippen LogP contribution >= 0.6 is 0 Å². The van der Waals surface area contributed by atoms with Gasteiger partial charge in [-0.05, 0) is 32.7 Å². The zero-order valence-corrected chi connectivity index (χ0v) is 50.4. The van der Waals surface area contributed by atoms with Crippen molar-refractivity contribution in [3.05, 3.63) is 0 Å². The van der Waals surface area contributed by atoms with E-state index in [4.69, 9.17) is 21.5 Å². The molecule has 0 bridgehead atoms. The summed E-state index contributed by atoms with van der Waals surface area (Å²) >= 11 is 0. The molecule has 0 rings (SSSR count). The van der Waals surface area contributed by atoms with Gasteiger partial charge in [0.05, 0.1) is 0 Å². The Balaban J connectivity index is 5.73. The van der Waals surface area contributed by atoms with Crippen LogP contribution in [0.4, 0.5) is 0 Å². The maximum absolute atomic E-state index is 12.9. The van der Waals surface area contributed by atoms with Crippen molar-refractivity contribution in [2.45, 2.75) is 32.7 Å². The van der Waals surface area contributed by atoms with Crippen molar-refractivity contribution in [1.29, 1.82) is 0 Å². The van der Waals surface area contributed by atoms with Gasteiger partial charge in [-0.3, -0.25) is 0 Å². The molecule has 0 aliphatic heterocycles. The molecule has 0 saturated carbocycles. The van der Waals surface area contributed by atoms with E-state index in [0.717, 1.165) is 21.3 Å². The van der Waals surface area contributed by atoms with Gasteiger partial charge in [0.1, 0.15) is 0 Å². The number of rotatable bonds is 26. The molecule has 0 atom stereocenters. The molecule has 0 aromatic rings. The summed E-state index contributed by atoms with van der Waals surface area (Å²) in [5, 5.41) is 0. The minimum atomic E-state index is -4.42. The second kappa shape index (κ2) is 22.9. The van der Waals surface area contributed by atoms with Crippen molar-refractivity contribution >= 4 is 173 Å². The molecule has 0 aliphatic rings. The van der Waals surface area contributed by atoms with Crippen LogP contribution in [0.1, 0.15) is 0 Å². The third-order valence-corrected chi connectivity index (χ3v) is 162. The summed E-state index contributed by atoms with van der Waals surface area (Å²) in [7, 11) is -81.5. The predicted molar refractivity (Wildman–Crippen MR) is 191 cm³/mol. The smallest absolute Gasteiger partial charge is 0.453 e. The molecule has 0 saturated heterocycles. The van der Waals surface area contributed by atoms with Gasteiger partial charge < -0.3 is 102 Å². The molecular formula is C8H24O23Si22. The molecule has 0 unspecified atom stereocenters. The van der Waals surface area contributed by atoms with Crippen molar-refractivity contribution < 1.29 is 102 Å². The van der Waals surface area contributed by atoms with E-state index in [9.17, 15) is 80.3 Å². The summed E-state index contributed by atoms with van der Waals surface area (Å²) in [5.41, 5.74) is 0. The fourth-order valence-electron chi connectivity index (χ4n) is 3.27. The summed E-state index contributed by atoms with van der Waals surface area (Å²) in [6, 6.07) is 0. The molecule has 282 valence electrons. The van der Waals surface area contributed by atoms with Gasteiger partial charge in [-0.2, -0.15) is 0 Å². The van der Waals surface area contributed by atoms with Gasteiger partial charge in [0, 0.05) is 21.3 Å². The minimum absolute atomic E-state index is 1.10. The molecule has 45 heteroatoms. The largest absolute Gasteiger partial charge is 0.668 e. The molecule has 0 aromatic heterocycles. The lowest BCUT2D eigenvalue weighted by atomic mass is 11.8. The quantitative estimate of drug-likeness (QED) is 0.0726. The lowest BCUT2D eigenvalue weighted by Crippen LogP contribution is -2.59. The third-order valence-electron chi connectivity index (χ3n) is 5.63. The van der Waals surface area contributed by atoms with Crippen molar-refractivity contribution in [3.8, 4) is 0 Å². The summed E-state index contributed by atoms with van der Waals surface area (Å²) in [5.74, 6) is 0. The Morgan fingerprint density at radius 3 is 0.811 bits per heavy atom. The molecule has 0 N–H and O–H groups in total. The van der Waals surface area contributed by atoms with Crippen LogP contribution in [0.15, 0.2) is 0 Å². The highest BCUT2D eigenvalue weighted by molar-refractivity contribution is 7.82. The highest BCUT2D eigenvalue weighted by atomic mass is 30.1. The molecular weight excluding hydrogens is 1080 g/mol. The summed E-state index contributed by atoms with van der Waals surface area (Å²) < 4.78 is 253. The van der Waals surface area contributed by atoms with Gasteiger partial charge in [-0.1, -0.05) is 0 Å². The second-order valence-corrected chi connectivity index (χ2v) is 114. The first-order valence-electron chi connectivity index (χ1n) is 13.6. The van der Waals surface area contributed by atoms with E-state index in [1.165, 1.54) is 13.1 Å². The first-order valence-corrected chi connectivity index (χ1v) is 66.8. The van der Waals surface area contributed by atoms with Crippen LogP contribution < -0.4 is 0 Å². The Morgan fingerprint density at radius 2 is 0.585 bits per heavy atom. The van der Waals surface area contributed by atoms with E-state index in [-0.39, 0.29) is 0 Å². The molecule has 23 nitrogen and oxygen atoms in total. The summed E-state index contributed by atoms with van der Waals surface area (Å²) in [4.78, 5) is 0. The predicted octanol–water partition coefficient (Wildman–Crippen LogP) is -7.44. The van der Waals surface area contributed by atoms with Crippen LogP contribution in [0, 0.1) is 0 Å². The van der Waals surface area contributed by atoms with Gasteiger partial charge in [0.15, 0.2) is 8.32 Å². The van der Waals surface area contributed by atoms with Crippen molar-refractivity contribution in [1.82, 2.24) is 0 Å². The summed E-state index contributed by atoms with van der Waals surface area (Å²) in [6.45, 7) is 8.03. The van der Waals surface area contributed by atoms with E-state index in [2.05, 4.69) is 0 Å². The lowest BCUT2D eigenvalue weighted by molar-refractivity contribution is 0.0534. The maximum atomic E-state index is 12.9. The highest BCUT2D eigenvalue weighted by Crippen LogP contribution is 2.14. The molecule has 0 fully saturated rings. The first kappa shape index (κ1) is 54.0. The monoisotopic (exact) mass is 1100 g/mol. The van der Waals surface area contributed by atoms with Gasteiger partial charge >= 0.3 is 148 Å². The van der Waals surface area contributed by atoms with E-state index < -0.39 is 173 Å². The zero-order valence-electron chi connectivity index (χ0n) is 28.4. The van der Waals surface area contributed by atoms with Crippen molar-refractivity contribution in [2.75, 3.05) is 21.3 Å². The third kappa shape index (κ3) is 14.9. The molecule has 0 heterocycles. The van der Waals surface area contributed by atoms with Crippen LogP contribution in [0.5, 0.6) is 0 Å². The Labute approximate surface area is 326 Å². The molecule has 0 aliphatic carbocycles. The molecule has 53 heavy (non-hydrogen) atoms. The Kier molecular flexibility index (Phi) is 23.4. The van der Waals surface area contributed by atoms with Crippen molar-refractivity contribution in [3.63, 3.8) is 0 Å². The minimum Gasteiger partial charge on any atom is -0.453 e. The number of hydrogen-bond donors (Lipinski definition) is 0. The normalized spacial score (nSPS) is 11.3. The topological polar surface area (TPSA) is 353 Å². The maximum Gasteiger partial charge on any atom is 0.668 e. The fraction of sp³-hybridized carbons (Fsp3) is 1.00. The molecule has 0 aromatic carbocycles. The van der Waals surface area contributed by atoms with Gasteiger partial charge in [0.2, 0.25) is 7.83 Å². The molecule has 0 spiro atoms.